The normalized spacial score (nSPS) is 19.7. The van der Waals surface area contributed by atoms with Gasteiger partial charge in [0.2, 0.25) is 10.0 Å². The summed E-state index contributed by atoms with van der Waals surface area (Å²) in [6.07, 6.45) is -0.243. The van der Waals surface area contributed by atoms with Gasteiger partial charge in [0.05, 0.1) is 30.8 Å². The lowest BCUT2D eigenvalue weighted by Gasteiger charge is -2.23. The molecule has 0 radical (unpaired) electrons. The predicted octanol–water partition coefficient (Wildman–Crippen LogP) is 0.456. The molecule has 1 aromatic carbocycles. The van der Waals surface area contributed by atoms with E-state index in [0.717, 1.165) is 16.7 Å². The fraction of sp³-hybridized carbons (Fsp3) is 0.571. The van der Waals surface area contributed by atoms with E-state index < -0.39 is 10.0 Å². The summed E-state index contributed by atoms with van der Waals surface area (Å²) >= 11 is 0. The lowest BCUT2D eigenvalue weighted by molar-refractivity contribution is -0.0846. The van der Waals surface area contributed by atoms with E-state index in [1.54, 1.807) is 13.0 Å². The Hall–Kier alpha value is -0.990. The van der Waals surface area contributed by atoms with Crippen LogP contribution in [0.5, 0.6) is 0 Å². The second-order valence-corrected chi connectivity index (χ2v) is 6.89. The zero-order chi connectivity index (χ0) is 15.5. The molecule has 1 aromatic rings. The first-order valence-corrected chi connectivity index (χ1v) is 8.41. The quantitative estimate of drug-likeness (QED) is 0.824. The average Bonchev–Trinajstić information content (AvgIpc) is 2.48. The van der Waals surface area contributed by atoms with Crippen molar-refractivity contribution in [2.45, 2.75) is 31.4 Å². The van der Waals surface area contributed by atoms with E-state index in [-0.39, 0.29) is 17.5 Å². The standard InChI is InChI=1S/C14H22N2O4S/c1-10-5-12(7-15)6-14(11(10)2)21(17,18)16-8-13-9-19-3-4-20-13/h5-6,13,16H,3-4,7-9,15H2,1-2H3. The Balaban J connectivity index is 2.16. The molecule has 3 N–H and O–H groups in total. The lowest BCUT2D eigenvalue weighted by Crippen LogP contribution is -2.39. The Morgan fingerprint density at radius 1 is 1.33 bits per heavy atom. The molecule has 0 spiro atoms. The van der Waals surface area contributed by atoms with Gasteiger partial charge in [0.1, 0.15) is 0 Å². The Bertz CT molecular complexity index is 595. The highest BCUT2D eigenvalue weighted by Crippen LogP contribution is 2.21. The topological polar surface area (TPSA) is 90.7 Å². The third-order valence-electron chi connectivity index (χ3n) is 3.59. The second-order valence-electron chi connectivity index (χ2n) is 5.16. The van der Waals surface area contributed by atoms with Crippen LogP contribution in [0, 0.1) is 13.8 Å². The van der Waals surface area contributed by atoms with E-state index in [9.17, 15) is 8.42 Å². The highest BCUT2D eigenvalue weighted by molar-refractivity contribution is 7.89. The van der Waals surface area contributed by atoms with Crippen molar-refractivity contribution in [3.63, 3.8) is 0 Å². The largest absolute Gasteiger partial charge is 0.376 e. The number of aryl methyl sites for hydroxylation is 1. The first kappa shape index (κ1) is 16.4. The maximum absolute atomic E-state index is 12.5. The summed E-state index contributed by atoms with van der Waals surface area (Å²) in [4.78, 5) is 0.277. The average molecular weight is 314 g/mol. The number of nitrogens with two attached hydrogens (primary N) is 1. The lowest BCUT2D eigenvalue weighted by atomic mass is 10.1. The van der Waals surface area contributed by atoms with Crippen LogP contribution in [0.4, 0.5) is 0 Å². The molecule has 0 saturated carbocycles. The van der Waals surface area contributed by atoms with E-state index in [1.165, 1.54) is 0 Å². The third-order valence-corrected chi connectivity index (χ3v) is 5.14. The van der Waals surface area contributed by atoms with Gasteiger partial charge in [-0.2, -0.15) is 0 Å². The van der Waals surface area contributed by atoms with Crippen LogP contribution in [-0.2, 0) is 26.0 Å². The molecule has 1 unspecified atom stereocenters. The summed E-state index contributed by atoms with van der Waals surface area (Å²) in [5, 5.41) is 0. The van der Waals surface area contributed by atoms with Crippen LogP contribution in [0.3, 0.4) is 0 Å². The minimum absolute atomic E-state index is 0.202. The second kappa shape index (κ2) is 6.85. The van der Waals surface area contributed by atoms with Gasteiger partial charge in [-0.3, -0.25) is 0 Å². The number of rotatable bonds is 5. The highest BCUT2D eigenvalue weighted by atomic mass is 32.2. The molecule has 1 saturated heterocycles. The van der Waals surface area contributed by atoms with Gasteiger partial charge in [-0.05, 0) is 36.6 Å². The first-order chi connectivity index (χ1) is 9.94. The fourth-order valence-corrected chi connectivity index (χ4v) is 3.66. The molecule has 21 heavy (non-hydrogen) atoms. The Kier molecular flexibility index (Phi) is 5.34. The van der Waals surface area contributed by atoms with Gasteiger partial charge in [0.15, 0.2) is 0 Å². The molecule has 0 aliphatic carbocycles. The van der Waals surface area contributed by atoms with E-state index >= 15 is 0 Å². The smallest absolute Gasteiger partial charge is 0.240 e. The van der Waals surface area contributed by atoms with E-state index in [4.69, 9.17) is 15.2 Å². The van der Waals surface area contributed by atoms with Crippen LogP contribution in [0.1, 0.15) is 16.7 Å². The van der Waals surface area contributed by atoms with E-state index in [0.29, 0.717) is 26.4 Å². The molecule has 1 heterocycles. The number of sulfonamides is 1. The van der Waals surface area contributed by atoms with E-state index in [1.807, 2.05) is 13.0 Å². The Morgan fingerprint density at radius 2 is 2.10 bits per heavy atom. The van der Waals surface area contributed by atoms with Gasteiger partial charge in [0, 0.05) is 13.1 Å². The number of nitrogens with one attached hydrogen (secondary N) is 1. The summed E-state index contributed by atoms with van der Waals surface area (Å²) in [5.41, 5.74) is 8.07. The zero-order valence-corrected chi connectivity index (χ0v) is 13.2. The van der Waals surface area contributed by atoms with Gasteiger partial charge >= 0.3 is 0 Å². The molecule has 1 aliphatic rings. The van der Waals surface area contributed by atoms with Gasteiger partial charge in [0.25, 0.3) is 0 Å². The molecular weight excluding hydrogens is 292 g/mol. The Morgan fingerprint density at radius 3 is 2.71 bits per heavy atom. The fourth-order valence-electron chi connectivity index (χ4n) is 2.23. The monoisotopic (exact) mass is 314 g/mol. The van der Waals surface area contributed by atoms with E-state index in [2.05, 4.69) is 4.72 Å². The third kappa shape index (κ3) is 4.02. The minimum Gasteiger partial charge on any atom is -0.376 e. The van der Waals surface area contributed by atoms with Crippen molar-refractivity contribution in [3.8, 4) is 0 Å². The van der Waals surface area contributed by atoms with Crippen molar-refractivity contribution < 1.29 is 17.9 Å². The van der Waals surface area contributed by atoms with Crippen molar-refractivity contribution in [1.82, 2.24) is 4.72 Å². The molecule has 0 aromatic heterocycles. The van der Waals surface area contributed by atoms with Crippen LogP contribution in [0.2, 0.25) is 0 Å². The molecule has 0 bridgehead atoms. The summed E-state index contributed by atoms with van der Waals surface area (Å²) in [6.45, 7) is 5.64. The van der Waals surface area contributed by atoms with Crippen LogP contribution in [-0.4, -0.2) is 40.9 Å². The molecule has 6 nitrogen and oxygen atoms in total. The molecular formula is C14H22N2O4S. The maximum atomic E-state index is 12.5. The van der Waals surface area contributed by atoms with Crippen LogP contribution in [0.25, 0.3) is 0 Å². The van der Waals surface area contributed by atoms with Crippen molar-refractivity contribution in [2.24, 2.45) is 5.73 Å². The Labute approximate surface area is 125 Å². The molecule has 118 valence electrons. The van der Waals surface area contributed by atoms with Crippen molar-refractivity contribution in [3.05, 3.63) is 28.8 Å². The van der Waals surface area contributed by atoms with Crippen LogP contribution >= 0.6 is 0 Å². The summed E-state index contributed by atoms with van der Waals surface area (Å²) in [6, 6.07) is 3.54. The van der Waals surface area contributed by atoms with Crippen molar-refractivity contribution >= 4 is 10.0 Å². The van der Waals surface area contributed by atoms with Crippen LogP contribution in [0.15, 0.2) is 17.0 Å². The highest BCUT2D eigenvalue weighted by Gasteiger charge is 2.22. The summed E-state index contributed by atoms with van der Waals surface area (Å²) in [5.74, 6) is 0. The van der Waals surface area contributed by atoms with Gasteiger partial charge in [-0.1, -0.05) is 6.07 Å². The maximum Gasteiger partial charge on any atom is 0.240 e. The van der Waals surface area contributed by atoms with Gasteiger partial charge in [-0.15, -0.1) is 0 Å². The molecule has 0 amide bonds. The van der Waals surface area contributed by atoms with Crippen LogP contribution < -0.4 is 10.5 Å². The number of benzene rings is 1. The number of ether oxygens (including phenoxy) is 2. The minimum atomic E-state index is -3.59. The van der Waals surface area contributed by atoms with Gasteiger partial charge in [-0.25, -0.2) is 13.1 Å². The SMILES string of the molecule is Cc1cc(CN)cc(S(=O)(=O)NCC2COCCO2)c1C. The van der Waals surface area contributed by atoms with Crippen molar-refractivity contribution in [2.75, 3.05) is 26.4 Å². The molecule has 1 aliphatic heterocycles. The summed E-state index contributed by atoms with van der Waals surface area (Å²) < 4.78 is 38.2. The molecule has 1 atom stereocenters. The molecule has 1 fully saturated rings. The zero-order valence-electron chi connectivity index (χ0n) is 12.4. The first-order valence-electron chi connectivity index (χ1n) is 6.93. The number of hydrogen-bond acceptors (Lipinski definition) is 5. The summed E-state index contributed by atoms with van der Waals surface area (Å²) in [7, 11) is -3.59. The van der Waals surface area contributed by atoms with Gasteiger partial charge < -0.3 is 15.2 Å². The van der Waals surface area contributed by atoms with Crippen molar-refractivity contribution in [1.29, 1.82) is 0 Å². The predicted molar refractivity (Wildman–Crippen MR) is 79.6 cm³/mol. The molecule has 2 rings (SSSR count). The molecule has 7 heteroatoms. The number of hydrogen-bond donors (Lipinski definition) is 2.